The van der Waals surface area contributed by atoms with Crippen LogP contribution in [0.15, 0.2) is 24.5 Å². The fraction of sp³-hybridized carbons (Fsp3) is 0.471. The predicted molar refractivity (Wildman–Crippen MR) is 87.1 cm³/mol. The zero-order chi connectivity index (χ0) is 21.8. The second-order valence-electron chi connectivity index (χ2n) is 7.41. The van der Waals surface area contributed by atoms with Crippen LogP contribution in [0.25, 0.3) is 5.82 Å². The first kappa shape index (κ1) is 21.1. The number of carbonyl (C=O) groups is 1. The molecule has 1 N–H and O–H groups in total. The minimum Gasteiger partial charge on any atom is -0.391 e. The van der Waals surface area contributed by atoms with E-state index in [0.717, 1.165) is 11.0 Å². The first-order valence-electron chi connectivity index (χ1n) is 8.38. The Hall–Kier alpha value is -2.63. The molecule has 0 spiro atoms. The van der Waals surface area contributed by atoms with Crippen LogP contribution in [0, 0.1) is 5.41 Å². The van der Waals surface area contributed by atoms with Crippen molar-refractivity contribution in [3.63, 3.8) is 0 Å². The largest absolute Gasteiger partial charge is 0.434 e. The normalized spacial score (nSPS) is 19.6. The third-order valence-corrected chi connectivity index (χ3v) is 4.74. The molecule has 0 aromatic carbocycles. The molecule has 1 aliphatic heterocycles. The van der Waals surface area contributed by atoms with Crippen LogP contribution in [0.2, 0.25) is 0 Å². The highest BCUT2D eigenvalue weighted by atomic mass is 19.4. The fourth-order valence-electron chi connectivity index (χ4n) is 3.07. The molecule has 1 aliphatic rings. The first-order chi connectivity index (χ1) is 13.2. The van der Waals surface area contributed by atoms with Gasteiger partial charge in [0.15, 0.2) is 11.5 Å². The van der Waals surface area contributed by atoms with E-state index in [0.29, 0.717) is 18.5 Å². The average Bonchev–Trinajstić information content (AvgIpc) is 3.15. The number of aliphatic hydroxyl groups is 1. The van der Waals surface area contributed by atoms with Crippen molar-refractivity contribution < 1.29 is 36.2 Å². The quantitative estimate of drug-likeness (QED) is 0.755. The molecule has 1 amide bonds. The molecular weight excluding hydrogens is 406 g/mol. The molecule has 0 bridgehead atoms. The number of carbonyl (C=O) groups excluding carboxylic acids is 1. The Labute approximate surface area is 160 Å². The SMILES string of the molecule is CC1(C)CN(C(=O)c2cnn(-c3ccc(C(F)(F)F)cn3)c2C(F)(F)F)C[C@@H]1O. The zero-order valence-electron chi connectivity index (χ0n) is 15.2. The zero-order valence-corrected chi connectivity index (χ0v) is 15.2. The van der Waals surface area contributed by atoms with Crippen molar-refractivity contribution in [2.45, 2.75) is 32.3 Å². The van der Waals surface area contributed by atoms with Crippen molar-refractivity contribution in [1.82, 2.24) is 19.7 Å². The lowest BCUT2D eigenvalue weighted by molar-refractivity contribution is -0.143. The number of halogens is 6. The monoisotopic (exact) mass is 422 g/mol. The van der Waals surface area contributed by atoms with E-state index in [4.69, 9.17) is 0 Å². The molecule has 29 heavy (non-hydrogen) atoms. The van der Waals surface area contributed by atoms with Gasteiger partial charge < -0.3 is 10.0 Å². The summed E-state index contributed by atoms with van der Waals surface area (Å²) in [6.07, 6.45) is -9.56. The average molecular weight is 422 g/mol. The Bertz CT molecular complexity index is 917. The van der Waals surface area contributed by atoms with Gasteiger partial charge >= 0.3 is 12.4 Å². The highest BCUT2D eigenvalue weighted by Crippen LogP contribution is 2.36. The molecule has 158 valence electrons. The second-order valence-corrected chi connectivity index (χ2v) is 7.41. The van der Waals surface area contributed by atoms with E-state index in [1.165, 1.54) is 0 Å². The summed E-state index contributed by atoms with van der Waals surface area (Å²) in [5, 5.41) is 13.5. The second kappa shape index (κ2) is 6.71. The van der Waals surface area contributed by atoms with Crippen LogP contribution < -0.4 is 0 Å². The Morgan fingerprint density at radius 1 is 1.14 bits per heavy atom. The van der Waals surface area contributed by atoms with Gasteiger partial charge in [-0.3, -0.25) is 4.79 Å². The standard InChI is InChI=1S/C17H16F6N4O2/c1-15(2)8-26(7-11(15)28)14(29)10-6-25-27(13(10)17(21,22)23)12-4-3-9(5-24-12)16(18,19)20/h3-6,11,28H,7-8H2,1-2H3/t11-/m0/s1. The van der Waals surface area contributed by atoms with E-state index < -0.39 is 52.4 Å². The van der Waals surface area contributed by atoms with Gasteiger partial charge in [-0.25, -0.2) is 9.67 Å². The maximum absolute atomic E-state index is 13.7. The number of amides is 1. The highest BCUT2D eigenvalue weighted by molar-refractivity contribution is 5.95. The van der Waals surface area contributed by atoms with Gasteiger partial charge in [-0.15, -0.1) is 0 Å². The molecule has 3 heterocycles. The summed E-state index contributed by atoms with van der Waals surface area (Å²) >= 11 is 0. The van der Waals surface area contributed by atoms with Crippen molar-refractivity contribution in [3.05, 3.63) is 41.3 Å². The summed E-state index contributed by atoms with van der Waals surface area (Å²) in [4.78, 5) is 17.2. The maximum Gasteiger partial charge on any atom is 0.434 e. The number of nitrogens with zero attached hydrogens (tertiary/aromatic N) is 4. The third-order valence-electron chi connectivity index (χ3n) is 4.74. The molecule has 1 saturated heterocycles. The van der Waals surface area contributed by atoms with Crippen LogP contribution in [0.4, 0.5) is 26.3 Å². The lowest BCUT2D eigenvalue weighted by Crippen LogP contribution is -2.32. The fourth-order valence-corrected chi connectivity index (χ4v) is 3.07. The van der Waals surface area contributed by atoms with Crippen molar-refractivity contribution in [2.75, 3.05) is 13.1 Å². The number of alkyl halides is 6. The van der Waals surface area contributed by atoms with E-state index in [2.05, 4.69) is 10.1 Å². The molecule has 0 radical (unpaired) electrons. The van der Waals surface area contributed by atoms with Gasteiger partial charge in [0, 0.05) is 24.7 Å². The Morgan fingerprint density at radius 3 is 2.24 bits per heavy atom. The minimum absolute atomic E-state index is 0.0357. The van der Waals surface area contributed by atoms with Crippen LogP contribution in [-0.2, 0) is 12.4 Å². The van der Waals surface area contributed by atoms with Gasteiger partial charge in [0.25, 0.3) is 5.91 Å². The number of rotatable bonds is 2. The molecule has 1 atom stereocenters. The Kier molecular flexibility index (Phi) is 4.88. The lowest BCUT2D eigenvalue weighted by atomic mass is 9.90. The highest BCUT2D eigenvalue weighted by Gasteiger charge is 2.45. The molecule has 1 fully saturated rings. The van der Waals surface area contributed by atoms with Crippen molar-refractivity contribution >= 4 is 5.91 Å². The number of hydrogen-bond donors (Lipinski definition) is 1. The molecule has 3 rings (SSSR count). The van der Waals surface area contributed by atoms with Gasteiger partial charge in [-0.05, 0) is 12.1 Å². The number of hydrogen-bond acceptors (Lipinski definition) is 4. The first-order valence-corrected chi connectivity index (χ1v) is 8.38. The van der Waals surface area contributed by atoms with Crippen molar-refractivity contribution in [1.29, 1.82) is 0 Å². The van der Waals surface area contributed by atoms with Crippen molar-refractivity contribution in [3.8, 4) is 5.82 Å². The van der Waals surface area contributed by atoms with Gasteiger partial charge in [0.2, 0.25) is 0 Å². The summed E-state index contributed by atoms with van der Waals surface area (Å²) in [6, 6.07) is 1.31. The number of β-amino-alcohol motifs (C(OH)–C–C–N with tert-alkyl or cyclic N) is 1. The lowest BCUT2D eigenvalue weighted by Gasteiger charge is -2.21. The van der Waals surface area contributed by atoms with E-state index in [1.54, 1.807) is 13.8 Å². The van der Waals surface area contributed by atoms with E-state index >= 15 is 0 Å². The topological polar surface area (TPSA) is 71.2 Å². The Morgan fingerprint density at radius 2 is 1.79 bits per heavy atom. The molecule has 0 aliphatic carbocycles. The minimum atomic E-state index is -5.03. The van der Waals surface area contributed by atoms with Crippen LogP contribution in [0.3, 0.4) is 0 Å². The predicted octanol–water partition coefficient (Wildman–Crippen LogP) is 3.15. The summed E-state index contributed by atoms with van der Waals surface area (Å²) in [6.45, 7) is 3.23. The number of aliphatic hydroxyl groups excluding tert-OH is 1. The van der Waals surface area contributed by atoms with Crippen LogP contribution in [0.5, 0.6) is 0 Å². The van der Waals surface area contributed by atoms with Gasteiger partial charge in [-0.2, -0.15) is 31.4 Å². The molecule has 12 heteroatoms. The van der Waals surface area contributed by atoms with Crippen LogP contribution >= 0.6 is 0 Å². The van der Waals surface area contributed by atoms with Gasteiger partial charge in [-0.1, -0.05) is 13.8 Å². The molecule has 0 unspecified atom stereocenters. The van der Waals surface area contributed by atoms with Crippen LogP contribution in [-0.4, -0.2) is 49.9 Å². The van der Waals surface area contributed by atoms with Gasteiger partial charge in [0.1, 0.15) is 0 Å². The molecule has 2 aromatic heterocycles. The summed E-state index contributed by atoms with van der Waals surface area (Å²) in [5.41, 5.74) is -4.05. The summed E-state index contributed by atoms with van der Waals surface area (Å²) < 4.78 is 79.3. The van der Waals surface area contributed by atoms with E-state index in [1.807, 2.05) is 0 Å². The van der Waals surface area contributed by atoms with E-state index in [9.17, 15) is 36.2 Å². The molecule has 2 aromatic rings. The summed E-state index contributed by atoms with van der Waals surface area (Å²) in [5.74, 6) is -1.51. The molecule has 6 nitrogen and oxygen atoms in total. The number of pyridine rings is 1. The summed E-state index contributed by atoms with van der Waals surface area (Å²) in [7, 11) is 0. The van der Waals surface area contributed by atoms with Crippen molar-refractivity contribution in [2.24, 2.45) is 5.41 Å². The molecule has 0 saturated carbocycles. The number of likely N-dealkylation sites (tertiary alicyclic amines) is 1. The van der Waals surface area contributed by atoms with E-state index in [-0.39, 0.29) is 17.8 Å². The third kappa shape index (κ3) is 3.93. The number of aromatic nitrogens is 3. The van der Waals surface area contributed by atoms with Crippen LogP contribution in [0.1, 0.15) is 35.5 Å². The molecular formula is C17H16F6N4O2. The smallest absolute Gasteiger partial charge is 0.391 e. The maximum atomic E-state index is 13.7. The Balaban J connectivity index is 2.02. The van der Waals surface area contributed by atoms with Gasteiger partial charge in [0.05, 0.1) is 23.4 Å².